The average molecular weight is 451 g/mol. The smallest absolute Gasteiger partial charge is 0.329 e. The molecule has 0 unspecified atom stereocenters. The molecule has 128 valence electrons. The van der Waals surface area contributed by atoms with Crippen molar-refractivity contribution in [2.45, 2.75) is 0 Å². The summed E-state index contributed by atoms with van der Waals surface area (Å²) in [7, 11) is 1.20. The molecule has 3 rings (SSSR count). The zero-order chi connectivity index (χ0) is 18.0. The molecule has 1 aromatic heterocycles. The molecule has 1 saturated heterocycles. The van der Waals surface area contributed by atoms with Gasteiger partial charge in [0.1, 0.15) is 12.2 Å². The summed E-state index contributed by atoms with van der Waals surface area (Å²) in [5.41, 5.74) is 1.77. The van der Waals surface area contributed by atoms with E-state index in [2.05, 4.69) is 32.6 Å². The van der Waals surface area contributed by atoms with E-state index in [1.807, 2.05) is 47.2 Å². The molecule has 7 nitrogen and oxygen atoms in total. The third-order valence-electron chi connectivity index (χ3n) is 3.65. The fourth-order valence-electron chi connectivity index (χ4n) is 2.41. The van der Waals surface area contributed by atoms with Gasteiger partial charge in [0.15, 0.2) is 0 Å². The molecule has 25 heavy (non-hydrogen) atoms. The van der Waals surface area contributed by atoms with Crippen LogP contribution in [0, 0.1) is 3.57 Å². The highest BCUT2D eigenvalue weighted by atomic mass is 127. The zero-order valence-electron chi connectivity index (χ0n) is 13.2. The first-order chi connectivity index (χ1) is 12.0. The molecule has 8 heteroatoms. The highest BCUT2D eigenvalue weighted by Crippen LogP contribution is 2.19. The molecule has 0 aliphatic carbocycles. The predicted molar refractivity (Wildman–Crippen MR) is 98.7 cm³/mol. The third-order valence-corrected chi connectivity index (χ3v) is 4.37. The highest BCUT2D eigenvalue weighted by molar-refractivity contribution is 14.1. The van der Waals surface area contributed by atoms with Crippen LogP contribution in [0.4, 0.5) is 4.79 Å². The van der Waals surface area contributed by atoms with Gasteiger partial charge in [0.2, 0.25) is 0 Å². The maximum absolute atomic E-state index is 12.3. The first-order valence-electron chi connectivity index (χ1n) is 7.34. The van der Waals surface area contributed by atoms with Crippen LogP contribution in [-0.2, 0) is 14.3 Å². The van der Waals surface area contributed by atoms with Gasteiger partial charge in [-0.1, -0.05) is 0 Å². The van der Waals surface area contributed by atoms with Gasteiger partial charge in [0, 0.05) is 21.1 Å². The minimum Gasteiger partial charge on any atom is -0.468 e. The van der Waals surface area contributed by atoms with Crippen LogP contribution in [0.2, 0.25) is 0 Å². The van der Waals surface area contributed by atoms with Gasteiger partial charge in [0.25, 0.3) is 5.91 Å². The topological polar surface area (TPSA) is 80.6 Å². The summed E-state index contributed by atoms with van der Waals surface area (Å²) in [5.74, 6) is -1.22. The Morgan fingerprint density at radius 2 is 1.96 bits per heavy atom. The molecule has 2 heterocycles. The van der Waals surface area contributed by atoms with Gasteiger partial charge in [-0.25, -0.2) is 9.69 Å². The number of nitrogens with one attached hydrogen (secondary N) is 1. The Morgan fingerprint density at radius 1 is 1.24 bits per heavy atom. The fourth-order valence-corrected chi connectivity index (χ4v) is 2.76. The number of imide groups is 1. The summed E-state index contributed by atoms with van der Waals surface area (Å²) in [6.07, 6.45) is 3.44. The molecule has 1 aliphatic heterocycles. The van der Waals surface area contributed by atoms with Crippen molar-refractivity contribution < 1.29 is 19.1 Å². The minimum absolute atomic E-state index is 0.111. The van der Waals surface area contributed by atoms with E-state index in [4.69, 9.17) is 0 Å². The Balaban J connectivity index is 1.88. The number of nitrogens with zero attached hydrogens (tertiary/aromatic N) is 2. The van der Waals surface area contributed by atoms with Crippen molar-refractivity contribution >= 4 is 46.6 Å². The number of carbonyl (C=O) groups excluding carboxylic acids is 3. The minimum atomic E-state index is -0.660. The molecule has 1 fully saturated rings. The quantitative estimate of drug-likeness (QED) is 0.335. The Bertz CT molecular complexity index is 870. The highest BCUT2D eigenvalue weighted by Gasteiger charge is 2.35. The number of hydrogen-bond acceptors (Lipinski definition) is 4. The number of urea groups is 1. The number of amides is 3. The van der Waals surface area contributed by atoms with Crippen molar-refractivity contribution in [1.82, 2.24) is 14.8 Å². The second-order valence-corrected chi connectivity index (χ2v) is 6.48. The van der Waals surface area contributed by atoms with Crippen molar-refractivity contribution in [2.75, 3.05) is 13.7 Å². The van der Waals surface area contributed by atoms with E-state index in [0.29, 0.717) is 0 Å². The number of ether oxygens (including phenoxy) is 1. The van der Waals surface area contributed by atoms with Gasteiger partial charge < -0.3 is 14.6 Å². The first-order valence-corrected chi connectivity index (χ1v) is 8.42. The Labute approximate surface area is 157 Å². The van der Waals surface area contributed by atoms with Crippen LogP contribution < -0.4 is 5.32 Å². The molecule has 3 amide bonds. The van der Waals surface area contributed by atoms with E-state index in [1.54, 1.807) is 6.08 Å². The SMILES string of the molecule is COC(=O)CN1C(=O)N/C(=C/c2cccn2-c2ccc(I)cc2)C1=O. The number of benzene rings is 1. The van der Waals surface area contributed by atoms with E-state index < -0.39 is 24.5 Å². The number of halogens is 1. The molecule has 0 bridgehead atoms. The van der Waals surface area contributed by atoms with E-state index in [9.17, 15) is 14.4 Å². The summed E-state index contributed by atoms with van der Waals surface area (Å²) in [6, 6.07) is 10.9. The summed E-state index contributed by atoms with van der Waals surface area (Å²) in [4.78, 5) is 36.4. The summed E-state index contributed by atoms with van der Waals surface area (Å²) in [6.45, 7) is -0.420. The monoisotopic (exact) mass is 451 g/mol. The molecule has 1 aliphatic rings. The first kappa shape index (κ1) is 17.2. The van der Waals surface area contributed by atoms with Crippen molar-refractivity contribution in [1.29, 1.82) is 0 Å². The second kappa shape index (κ2) is 7.09. The molecule has 1 N–H and O–H groups in total. The molecule has 0 atom stereocenters. The zero-order valence-corrected chi connectivity index (χ0v) is 15.4. The predicted octanol–water partition coefficient (Wildman–Crippen LogP) is 2.15. The molecule has 0 spiro atoms. The largest absolute Gasteiger partial charge is 0.468 e. The van der Waals surface area contributed by atoms with Crippen molar-refractivity contribution in [3.63, 3.8) is 0 Å². The van der Waals surface area contributed by atoms with Gasteiger partial charge in [-0.3, -0.25) is 9.59 Å². The maximum Gasteiger partial charge on any atom is 0.329 e. The molecular weight excluding hydrogens is 437 g/mol. The lowest BCUT2D eigenvalue weighted by molar-refractivity contribution is -0.143. The van der Waals surface area contributed by atoms with Crippen molar-refractivity contribution in [3.05, 3.63) is 57.6 Å². The molecule has 0 radical (unpaired) electrons. The normalized spacial score (nSPS) is 15.6. The van der Waals surface area contributed by atoms with Crippen LogP contribution in [0.5, 0.6) is 0 Å². The number of methoxy groups -OCH3 is 1. The number of aromatic nitrogens is 1. The van der Waals surface area contributed by atoms with Crippen LogP contribution >= 0.6 is 22.6 Å². The van der Waals surface area contributed by atoms with Crippen molar-refractivity contribution in [2.24, 2.45) is 0 Å². The molecule has 1 aromatic carbocycles. The van der Waals surface area contributed by atoms with Crippen LogP contribution in [0.1, 0.15) is 5.69 Å². The Hall–Kier alpha value is -2.62. The van der Waals surface area contributed by atoms with Gasteiger partial charge in [0.05, 0.1) is 7.11 Å². The Morgan fingerprint density at radius 3 is 2.64 bits per heavy atom. The summed E-state index contributed by atoms with van der Waals surface area (Å²) >= 11 is 2.23. The number of carbonyl (C=O) groups is 3. The van der Waals surface area contributed by atoms with E-state index in [0.717, 1.165) is 19.9 Å². The maximum atomic E-state index is 12.3. The standard InChI is InChI=1S/C17H14IN3O4/c1-25-15(22)10-21-16(23)14(19-17(21)24)9-13-3-2-8-20(13)12-6-4-11(18)5-7-12/h2-9H,10H2,1H3,(H,19,24)/b14-9+. The Kier molecular flexibility index (Phi) is 4.88. The average Bonchev–Trinajstić information content (AvgIpc) is 3.16. The van der Waals surface area contributed by atoms with Crippen LogP contribution in [0.25, 0.3) is 11.8 Å². The third kappa shape index (κ3) is 3.58. The number of rotatable bonds is 4. The van der Waals surface area contributed by atoms with E-state index in [1.165, 1.54) is 7.11 Å². The second-order valence-electron chi connectivity index (χ2n) is 5.24. The van der Waals surface area contributed by atoms with E-state index >= 15 is 0 Å². The van der Waals surface area contributed by atoms with Gasteiger partial charge in [-0.05, 0) is 65.1 Å². The lowest BCUT2D eigenvalue weighted by Crippen LogP contribution is -2.36. The van der Waals surface area contributed by atoms with E-state index in [-0.39, 0.29) is 5.70 Å². The van der Waals surface area contributed by atoms with Gasteiger partial charge in [-0.2, -0.15) is 0 Å². The van der Waals surface area contributed by atoms with Crippen molar-refractivity contribution in [3.8, 4) is 5.69 Å². The summed E-state index contributed by atoms with van der Waals surface area (Å²) in [5, 5.41) is 2.49. The van der Waals surface area contributed by atoms with Crippen LogP contribution in [-0.4, -0.2) is 41.0 Å². The fraction of sp³-hybridized carbons (Fsp3) is 0.118. The lowest BCUT2D eigenvalue weighted by Gasteiger charge is -2.09. The van der Waals surface area contributed by atoms with Gasteiger partial charge in [-0.15, -0.1) is 0 Å². The van der Waals surface area contributed by atoms with Crippen LogP contribution in [0.15, 0.2) is 48.3 Å². The molecule has 2 aromatic rings. The number of esters is 1. The summed E-state index contributed by atoms with van der Waals surface area (Å²) < 4.78 is 7.51. The van der Waals surface area contributed by atoms with Crippen LogP contribution in [0.3, 0.4) is 0 Å². The number of hydrogen-bond donors (Lipinski definition) is 1. The molecule has 0 saturated carbocycles. The lowest BCUT2D eigenvalue weighted by atomic mass is 10.2. The molecular formula is C17H14IN3O4. The van der Waals surface area contributed by atoms with Gasteiger partial charge >= 0.3 is 12.0 Å².